The first-order chi connectivity index (χ1) is 13.9. The summed E-state index contributed by atoms with van der Waals surface area (Å²) in [4.78, 5) is 26.5. The number of ketones is 2. The average Bonchev–Trinajstić information content (AvgIpc) is 2.58. The number of rotatable bonds is 2. The Morgan fingerprint density at radius 3 is 2.20 bits per heavy atom. The second-order valence-corrected chi connectivity index (χ2v) is 11.1. The molecule has 1 aromatic rings. The highest BCUT2D eigenvalue weighted by molar-refractivity contribution is 9.10. The highest BCUT2D eigenvalue weighted by atomic mass is 79.9. The van der Waals surface area contributed by atoms with Crippen molar-refractivity contribution >= 4 is 27.5 Å². The van der Waals surface area contributed by atoms with Crippen LogP contribution < -0.4 is 9.47 Å². The van der Waals surface area contributed by atoms with Gasteiger partial charge in [0.25, 0.3) is 0 Å². The number of Topliss-reactive ketones (excluding diaryl/α,β-unsaturated/α-hetero) is 2. The van der Waals surface area contributed by atoms with E-state index in [1.807, 2.05) is 33.8 Å². The fourth-order valence-corrected chi connectivity index (χ4v) is 5.42. The molecular weight excluding hydrogens is 448 g/mol. The van der Waals surface area contributed by atoms with Gasteiger partial charge in [-0.2, -0.15) is 0 Å². The average molecular weight is 475 g/mol. The van der Waals surface area contributed by atoms with Crippen molar-refractivity contribution in [3.05, 3.63) is 44.8 Å². The first kappa shape index (κ1) is 21.2. The van der Waals surface area contributed by atoms with Crippen molar-refractivity contribution in [1.82, 2.24) is 0 Å². The van der Waals surface area contributed by atoms with E-state index in [0.29, 0.717) is 59.7 Å². The normalized spacial score (nSPS) is 24.9. The zero-order chi connectivity index (χ0) is 22.0. The number of carbonyl (C=O) groups is 2. The third-order valence-corrected chi connectivity index (χ3v) is 6.62. The van der Waals surface area contributed by atoms with Crippen LogP contribution in [0.4, 0.5) is 0 Å². The van der Waals surface area contributed by atoms with Gasteiger partial charge < -0.3 is 14.6 Å². The minimum absolute atomic E-state index is 0.0335. The molecule has 160 valence electrons. The van der Waals surface area contributed by atoms with Crippen LogP contribution in [-0.4, -0.2) is 23.8 Å². The maximum atomic E-state index is 13.3. The summed E-state index contributed by atoms with van der Waals surface area (Å²) in [5, 5.41) is 11.0. The Bertz CT molecular complexity index is 1030. The number of hydrogen-bond acceptors (Lipinski definition) is 5. The highest BCUT2D eigenvalue weighted by Crippen LogP contribution is 2.55. The number of carbonyl (C=O) groups excluding carboxylic acids is 2. The molecule has 0 radical (unpaired) electrons. The predicted molar refractivity (Wildman–Crippen MR) is 117 cm³/mol. The van der Waals surface area contributed by atoms with Gasteiger partial charge in [0.1, 0.15) is 11.5 Å². The summed E-state index contributed by atoms with van der Waals surface area (Å²) < 4.78 is 12.6. The van der Waals surface area contributed by atoms with E-state index < -0.39 is 5.92 Å². The monoisotopic (exact) mass is 474 g/mol. The highest BCUT2D eigenvalue weighted by Gasteiger charge is 2.47. The molecule has 3 aliphatic rings. The van der Waals surface area contributed by atoms with E-state index in [2.05, 4.69) is 15.9 Å². The number of aliphatic hydroxyl groups excluding tert-OH is 1. The zero-order valence-corrected chi connectivity index (χ0v) is 19.6. The molecule has 0 fully saturated rings. The lowest BCUT2D eigenvalue weighted by molar-refractivity contribution is -0.119. The SMILES string of the molecule is COc1cc(Br)cc2c1OC1=C(C(=O)CC(C)(C)C1)[C@H]2C1=C(O)CC(C)(C)CC1=O. The van der Waals surface area contributed by atoms with Crippen molar-refractivity contribution in [1.29, 1.82) is 0 Å². The molecule has 1 aromatic carbocycles. The van der Waals surface area contributed by atoms with E-state index in [0.717, 1.165) is 4.47 Å². The molecule has 1 N–H and O–H groups in total. The van der Waals surface area contributed by atoms with E-state index in [4.69, 9.17) is 9.47 Å². The third kappa shape index (κ3) is 3.49. The summed E-state index contributed by atoms with van der Waals surface area (Å²) in [5.41, 5.74) is 0.928. The number of ether oxygens (including phenoxy) is 2. The van der Waals surface area contributed by atoms with E-state index in [1.165, 1.54) is 0 Å². The van der Waals surface area contributed by atoms with Gasteiger partial charge in [0.15, 0.2) is 23.1 Å². The number of halogens is 1. The van der Waals surface area contributed by atoms with Crippen LogP contribution in [0.1, 0.15) is 64.9 Å². The summed E-state index contributed by atoms with van der Waals surface area (Å²) in [6, 6.07) is 3.66. The lowest BCUT2D eigenvalue weighted by Gasteiger charge is -2.40. The molecule has 5 nitrogen and oxygen atoms in total. The molecule has 0 bridgehead atoms. The summed E-state index contributed by atoms with van der Waals surface area (Å²) in [7, 11) is 1.56. The molecule has 0 saturated heterocycles. The molecule has 0 spiro atoms. The van der Waals surface area contributed by atoms with Gasteiger partial charge in [0.2, 0.25) is 0 Å². The number of hydrogen-bond donors (Lipinski definition) is 1. The van der Waals surface area contributed by atoms with Gasteiger partial charge in [-0.15, -0.1) is 0 Å². The third-order valence-electron chi connectivity index (χ3n) is 6.16. The summed E-state index contributed by atoms with van der Waals surface area (Å²) >= 11 is 3.50. The Kier molecular flexibility index (Phi) is 4.92. The van der Waals surface area contributed by atoms with Crippen LogP contribution in [0.5, 0.6) is 11.5 Å². The van der Waals surface area contributed by atoms with E-state index in [-0.39, 0.29) is 28.2 Å². The molecule has 4 rings (SSSR count). The smallest absolute Gasteiger partial charge is 0.173 e. The van der Waals surface area contributed by atoms with Crippen LogP contribution in [-0.2, 0) is 9.59 Å². The molecule has 1 atom stereocenters. The summed E-state index contributed by atoms with van der Waals surface area (Å²) in [6.07, 6.45) is 1.68. The van der Waals surface area contributed by atoms with Crippen LogP contribution >= 0.6 is 15.9 Å². The van der Waals surface area contributed by atoms with Gasteiger partial charge in [-0.1, -0.05) is 43.6 Å². The number of allylic oxidation sites excluding steroid dienone is 4. The Balaban J connectivity index is 2.00. The van der Waals surface area contributed by atoms with Gasteiger partial charge in [-0.3, -0.25) is 9.59 Å². The molecule has 1 heterocycles. The van der Waals surface area contributed by atoms with Crippen molar-refractivity contribution in [3.8, 4) is 11.5 Å². The minimum atomic E-state index is -0.651. The number of benzene rings is 1. The van der Waals surface area contributed by atoms with E-state index in [9.17, 15) is 14.7 Å². The van der Waals surface area contributed by atoms with Crippen molar-refractivity contribution in [2.24, 2.45) is 10.8 Å². The Morgan fingerprint density at radius 2 is 1.60 bits per heavy atom. The minimum Gasteiger partial charge on any atom is -0.512 e. The molecule has 6 heteroatoms. The Labute approximate surface area is 185 Å². The van der Waals surface area contributed by atoms with Crippen LogP contribution in [0.2, 0.25) is 0 Å². The van der Waals surface area contributed by atoms with Gasteiger partial charge in [-0.05, 0) is 23.0 Å². The standard InChI is InChI=1S/C24H27BrO5/c1-23(2)8-14(26)20(15(27)9-23)19-13-6-12(25)7-17(29-5)22(13)30-18-11-24(3,4)10-16(28)21(18)19/h6-7,19,26H,8-11H2,1-5H3/t19-/m1/s1. The second kappa shape index (κ2) is 6.98. The predicted octanol–water partition coefficient (Wildman–Crippen LogP) is 5.78. The van der Waals surface area contributed by atoms with Gasteiger partial charge >= 0.3 is 0 Å². The fraction of sp³-hybridized carbons (Fsp3) is 0.500. The van der Waals surface area contributed by atoms with Crippen molar-refractivity contribution in [2.45, 2.75) is 59.3 Å². The lowest BCUT2D eigenvalue weighted by Crippen LogP contribution is -2.36. The number of methoxy groups -OCH3 is 1. The molecule has 0 unspecified atom stereocenters. The largest absolute Gasteiger partial charge is 0.512 e. The molecule has 2 aliphatic carbocycles. The molecular formula is C24H27BrO5. The molecule has 30 heavy (non-hydrogen) atoms. The van der Waals surface area contributed by atoms with Crippen LogP contribution in [0, 0.1) is 10.8 Å². The summed E-state index contributed by atoms with van der Waals surface area (Å²) in [5.74, 6) is 0.870. The van der Waals surface area contributed by atoms with Crippen LogP contribution in [0.25, 0.3) is 0 Å². The van der Waals surface area contributed by atoms with Crippen molar-refractivity contribution in [3.63, 3.8) is 0 Å². The Hall–Kier alpha value is -2.08. The van der Waals surface area contributed by atoms with Gasteiger partial charge in [-0.25, -0.2) is 0 Å². The van der Waals surface area contributed by atoms with E-state index in [1.54, 1.807) is 13.2 Å². The van der Waals surface area contributed by atoms with E-state index >= 15 is 0 Å². The first-order valence-corrected chi connectivity index (χ1v) is 11.0. The fourth-order valence-electron chi connectivity index (χ4n) is 4.96. The van der Waals surface area contributed by atoms with Crippen molar-refractivity contribution < 1.29 is 24.2 Å². The second-order valence-electron chi connectivity index (χ2n) is 10.1. The van der Waals surface area contributed by atoms with Crippen molar-refractivity contribution in [2.75, 3.05) is 7.11 Å². The van der Waals surface area contributed by atoms with Crippen LogP contribution in [0.15, 0.2) is 39.3 Å². The molecule has 0 aromatic heterocycles. The maximum absolute atomic E-state index is 13.3. The van der Waals surface area contributed by atoms with Gasteiger partial charge in [0.05, 0.1) is 13.0 Å². The Morgan fingerprint density at radius 1 is 1.00 bits per heavy atom. The number of aliphatic hydroxyl groups is 1. The molecule has 0 saturated carbocycles. The summed E-state index contributed by atoms with van der Waals surface area (Å²) in [6.45, 7) is 8.00. The topological polar surface area (TPSA) is 72.8 Å². The lowest BCUT2D eigenvalue weighted by atomic mass is 9.66. The van der Waals surface area contributed by atoms with Gasteiger partial charge in [0, 0.05) is 46.9 Å². The zero-order valence-electron chi connectivity index (χ0n) is 18.0. The molecule has 1 aliphatic heterocycles. The first-order valence-electron chi connectivity index (χ1n) is 10.2. The number of fused-ring (bicyclic) bond motifs is 1. The van der Waals surface area contributed by atoms with Crippen LogP contribution in [0.3, 0.4) is 0 Å². The molecule has 0 amide bonds. The quantitative estimate of drug-likeness (QED) is 0.587. The maximum Gasteiger partial charge on any atom is 0.173 e.